The summed E-state index contributed by atoms with van der Waals surface area (Å²) in [6.45, 7) is -0.0915. The number of hydrogen-bond donors (Lipinski definition) is 2. The Labute approximate surface area is 139 Å². The fraction of sp³-hybridized carbons (Fsp3) is 0.400. The fourth-order valence-corrected chi connectivity index (χ4v) is 2.52. The second-order valence-corrected chi connectivity index (χ2v) is 5.91. The van der Waals surface area contributed by atoms with Crippen molar-refractivity contribution >= 4 is 5.91 Å². The van der Waals surface area contributed by atoms with E-state index < -0.39 is 29.6 Å². The third kappa shape index (κ3) is 3.95. The molecule has 25 heavy (non-hydrogen) atoms. The van der Waals surface area contributed by atoms with Crippen LogP contribution >= 0.6 is 0 Å². The summed E-state index contributed by atoms with van der Waals surface area (Å²) in [5, 5.41) is 19.2. The third-order valence-electron chi connectivity index (χ3n) is 3.90. The van der Waals surface area contributed by atoms with E-state index >= 15 is 0 Å². The molecule has 0 saturated heterocycles. The van der Waals surface area contributed by atoms with E-state index in [1.807, 2.05) is 0 Å². The van der Waals surface area contributed by atoms with E-state index in [1.54, 1.807) is 0 Å². The predicted octanol–water partition coefficient (Wildman–Crippen LogP) is 1.74. The summed E-state index contributed by atoms with van der Waals surface area (Å²) >= 11 is 0. The molecule has 1 aromatic carbocycles. The SMILES string of the molecule is O=C(NC1CC(O)C1)c1cn(Cc2ccc(F)c(C(F)(F)F)c2)nn1. The van der Waals surface area contributed by atoms with E-state index in [0.29, 0.717) is 18.9 Å². The lowest BCUT2D eigenvalue weighted by molar-refractivity contribution is -0.140. The first-order valence-electron chi connectivity index (χ1n) is 7.47. The van der Waals surface area contributed by atoms with Crippen LogP contribution in [0.25, 0.3) is 0 Å². The van der Waals surface area contributed by atoms with Crippen LogP contribution in [0.15, 0.2) is 24.4 Å². The quantitative estimate of drug-likeness (QED) is 0.816. The molecule has 1 amide bonds. The topological polar surface area (TPSA) is 80.0 Å². The summed E-state index contributed by atoms with van der Waals surface area (Å²) in [7, 11) is 0. The Hall–Kier alpha value is -2.49. The Morgan fingerprint density at radius 2 is 2.08 bits per heavy atom. The first-order chi connectivity index (χ1) is 11.7. The predicted molar refractivity (Wildman–Crippen MR) is 77.0 cm³/mol. The van der Waals surface area contributed by atoms with Gasteiger partial charge < -0.3 is 10.4 Å². The monoisotopic (exact) mass is 358 g/mol. The molecule has 10 heteroatoms. The van der Waals surface area contributed by atoms with Gasteiger partial charge in [0.15, 0.2) is 5.69 Å². The number of amides is 1. The number of rotatable bonds is 4. The summed E-state index contributed by atoms with van der Waals surface area (Å²) in [4.78, 5) is 11.9. The summed E-state index contributed by atoms with van der Waals surface area (Å²) < 4.78 is 52.6. The molecular formula is C15H14F4N4O2. The number of hydrogen-bond acceptors (Lipinski definition) is 4. The number of carbonyl (C=O) groups is 1. The van der Waals surface area contributed by atoms with Crippen molar-refractivity contribution in [3.05, 3.63) is 47.0 Å². The average molecular weight is 358 g/mol. The number of aromatic nitrogens is 3. The van der Waals surface area contributed by atoms with Crippen molar-refractivity contribution in [2.24, 2.45) is 0 Å². The first-order valence-corrected chi connectivity index (χ1v) is 7.47. The van der Waals surface area contributed by atoms with Gasteiger partial charge in [0.05, 0.1) is 24.4 Å². The molecule has 6 nitrogen and oxygen atoms in total. The summed E-state index contributed by atoms with van der Waals surface area (Å²) in [6, 6.07) is 2.53. The fourth-order valence-electron chi connectivity index (χ4n) is 2.52. The highest BCUT2D eigenvalue weighted by Crippen LogP contribution is 2.32. The van der Waals surface area contributed by atoms with Crippen molar-refractivity contribution in [2.75, 3.05) is 0 Å². The van der Waals surface area contributed by atoms with Gasteiger partial charge in [0, 0.05) is 6.04 Å². The van der Waals surface area contributed by atoms with Crippen LogP contribution in [0.1, 0.15) is 34.5 Å². The minimum absolute atomic E-state index is 0.0135. The van der Waals surface area contributed by atoms with Crippen LogP contribution < -0.4 is 5.32 Å². The zero-order valence-corrected chi connectivity index (χ0v) is 12.8. The lowest BCUT2D eigenvalue weighted by Gasteiger charge is -2.31. The van der Waals surface area contributed by atoms with Crippen LogP contribution in [0.4, 0.5) is 17.6 Å². The maximum atomic E-state index is 13.3. The number of nitrogens with zero attached hydrogens (tertiary/aromatic N) is 3. The van der Waals surface area contributed by atoms with Crippen molar-refractivity contribution in [3.8, 4) is 0 Å². The second kappa shape index (κ2) is 6.43. The smallest absolute Gasteiger partial charge is 0.393 e. The molecule has 134 valence electrons. The Morgan fingerprint density at radius 3 is 2.72 bits per heavy atom. The van der Waals surface area contributed by atoms with Gasteiger partial charge in [-0.05, 0) is 30.5 Å². The minimum atomic E-state index is -4.79. The van der Waals surface area contributed by atoms with Gasteiger partial charge in [0.25, 0.3) is 5.91 Å². The Morgan fingerprint density at radius 1 is 1.36 bits per heavy atom. The summed E-state index contributed by atoms with van der Waals surface area (Å²) in [5.74, 6) is -1.82. The molecule has 0 radical (unpaired) electrons. The molecule has 1 heterocycles. The van der Waals surface area contributed by atoms with Crippen molar-refractivity contribution in [3.63, 3.8) is 0 Å². The highest BCUT2D eigenvalue weighted by molar-refractivity contribution is 5.92. The van der Waals surface area contributed by atoms with Gasteiger partial charge in [-0.25, -0.2) is 9.07 Å². The number of carbonyl (C=O) groups excluding carboxylic acids is 1. The molecule has 2 N–H and O–H groups in total. The van der Waals surface area contributed by atoms with Crippen LogP contribution in [0, 0.1) is 5.82 Å². The second-order valence-electron chi connectivity index (χ2n) is 5.91. The Kier molecular flexibility index (Phi) is 4.46. The maximum absolute atomic E-state index is 13.3. The third-order valence-corrected chi connectivity index (χ3v) is 3.90. The molecule has 0 spiro atoms. The highest BCUT2D eigenvalue weighted by Gasteiger charge is 2.34. The number of aliphatic hydroxyl groups is 1. The average Bonchev–Trinajstić information content (AvgIpc) is 2.95. The summed E-state index contributed by atoms with van der Waals surface area (Å²) in [5.41, 5.74) is -1.17. The van der Waals surface area contributed by atoms with Crippen LogP contribution in [0.5, 0.6) is 0 Å². The van der Waals surface area contributed by atoms with Gasteiger partial charge in [-0.15, -0.1) is 5.10 Å². The van der Waals surface area contributed by atoms with Gasteiger partial charge in [0.1, 0.15) is 5.82 Å². The van der Waals surface area contributed by atoms with E-state index in [0.717, 1.165) is 6.07 Å². The van der Waals surface area contributed by atoms with E-state index in [2.05, 4.69) is 15.6 Å². The molecule has 2 aromatic rings. The molecular weight excluding hydrogens is 344 g/mol. The Balaban J connectivity index is 1.68. The molecule has 0 unspecified atom stereocenters. The molecule has 0 aliphatic heterocycles. The largest absolute Gasteiger partial charge is 0.419 e. The molecule has 1 saturated carbocycles. The number of halogens is 4. The number of nitrogens with one attached hydrogen (secondary N) is 1. The summed E-state index contributed by atoms with van der Waals surface area (Å²) in [6.07, 6.45) is -2.98. The molecule has 1 aliphatic carbocycles. The van der Waals surface area contributed by atoms with Crippen LogP contribution in [-0.2, 0) is 12.7 Å². The van der Waals surface area contributed by atoms with Gasteiger partial charge in [-0.2, -0.15) is 13.2 Å². The molecule has 0 atom stereocenters. The van der Waals surface area contributed by atoms with Crippen LogP contribution in [-0.4, -0.2) is 38.2 Å². The minimum Gasteiger partial charge on any atom is -0.393 e. The van der Waals surface area contributed by atoms with Gasteiger partial charge >= 0.3 is 6.18 Å². The van der Waals surface area contributed by atoms with Crippen molar-refractivity contribution in [1.82, 2.24) is 20.3 Å². The Bertz CT molecular complexity index is 784. The molecule has 3 rings (SSSR count). The number of benzene rings is 1. The van der Waals surface area contributed by atoms with E-state index in [1.165, 1.54) is 16.9 Å². The number of aliphatic hydroxyl groups excluding tert-OH is 1. The first kappa shape index (κ1) is 17.3. The zero-order valence-electron chi connectivity index (χ0n) is 12.8. The number of alkyl halides is 3. The normalized spacial score (nSPS) is 20.2. The van der Waals surface area contributed by atoms with Gasteiger partial charge in [-0.3, -0.25) is 4.79 Å². The lowest BCUT2D eigenvalue weighted by atomic mass is 9.89. The van der Waals surface area contributed by atoms with Crippen molar-refractivity contribution < 1.29 is 27.5 Å². The van der Waals surface area contributed by atoms with Crippen LogP contribution in [0.3, 0.4) is 0 Å². The lowest BCUT2D eigenvalue weighted by Crippen LogP contribution is -2.46. The van der Waals surface area contributed by atoms with E-state index in [-0.39, 0.29) is 23.8 Å². The maximum Gasteiger partial charge on any atom is 0.419 e. The van der Waals surface area contributed by atoms with Crippen molar-refractivity contribution in [2.45, 2.75) is 37.7 Å². The highest BCUT2D eigenvalue weighted by atomic mass is 19.4. The zero-order chi connectivity index (χ0) is 18.2. The van der Waals surface area contributed by atoms with Gasteiger partial charge in [0.2, 0.25) is 0 Å². The molecule has 1 aromatic heterocycles. The van der Waals surface area contributed by atoms with E-state index in [9.17, 15) is 27.5 Å². The standard InChI is InChI=1S/C15H14F4N4O2/c16-12-2-1-8(3-11(12)15(17,18)19)6-23-7-13(21-22-23)14(25)20-9-4-10(24)5-9/h1-3,7,9-10,24H,4-6H2,(H,20,25). The van der Waals surface area contributed by atoms with Crippen LogP contribution in [0.2, 0.25) is 0 Å². The van der Waals surface area contributed by atoms with Crippen molar-refractivity contribution in [1.29, 1.82) is 0 Å². The van der Waals surface area contributed by atoms with Gasteiger partial charge in [-0.1, -0.05) is 11.3 Å². The van der Waals surface area contributed by atoms with E-state index in [4.69, 9.17) is 0 Å². The molecule has 1 aliphatic rings. The molecule has 0 bridgehead atoms. The molecule has 1 fully saturated rings.